The Morgan fingerprint density at radius 3 is 2.92 bits per heavy atom. The molecule has 0 fully saturated rings. The molecular formula is C10H9ClFN. The van der Waals surface area contributed by atoms with Crippen LogP contribution in [0.4, 0.5) is 4.39 Å². The molecule has 0 heterocycles. The first-order chi connectivity index (χ1) is 6.16. The SMILES string of the molecule is C#CCC(N)c1cccc(Cl)c1F. The molecule has 0 aliphatic heterocycles. The fourth-order valence-corrected chi connectivity index (χ4v) is 1.23. The third-order valence-corrected chi connectivity index (χ3v) is 2.01. The first kappa shape index (κ1) is 10.0. The molecule has 0 saturated heterocycles. The average Bonchev–Trinajstić information content (AvgIpc) is 2.10. The van der Waals surface area contributed by atoms with Gasteiger partial charge in [0, 0.05) is 18.0 Å². The van der Waals surface area contributed by atoms with Gasteiger partial charge in [0.15, 0.2) is 0 Å². The van der Waals surface area contributed by atoms with E-state index in [0.29, 0.717) is 12.0 Å². The summed E-state index contributed by atoms with van der Waals surface area (Å²) >= 11 is 5.58. The third kappa shape index (κ3) is 2.21. The van der Waals surface area contributed by atoms with Crippen LogP contribution in [-0.2, 0) is 0 Å². The Morgan fingerprint density at radius 2 is 2.31 bits per heavy atom. The van der Waals surface area contributed by atoms with E-state index in [0.717, 1.165) is 0 Å². The number of halogens is 2. The lowest BCUT2D eigenvalue weighted by Gasteiger charge is -2.09. The fourth-order valence-electron chi connectivity index (χ4n) is 1.04. The van der Waals surface area contributed by atoms with Gasteiger partial charge in [-0.1, -0.05) is 23.7 Å². The maximum absolute atomic E-state index is 13.3. The van der Waals surface area contributed by atoms with E-state index in [1.54, 1.807) is 12.1 Å². The Morgan fingerprint density at radius 1 is 1.62 bits per heavy atom. The van der Waals surface area contributed by atoms with Crippen LogP contribution >= 0.6 is 11.6 Å². The summed E-state index contributed by atoms with van der Waals surface area (Å²) < 4.78 is 13.3. The second-order valence-electron chi connectivity index (χ2n) is 2.66. The van der Waals surface area contributed by atoms with Crippen molar-refractivity contribution in [2.24, 2.45) is 5.73 Å². The van der Waals surface area contributed by atoms with Gasteiger partial charge in [-0.05, 0) is 6.07 Å². The molecule has 1 atom stereocenters. The van der Waals surface area contributed by atoms with E-state index < -0.39 is 11.9 Å². The van der Waals surface area contributed by atoms with Crippen LogP contribution in [0.3, 0.4) is 0 Å². The van der Waals surface area contributed by atoms with Crippen molar-refractivity contribution in [3.8, 4) is 12.3 Å². The van der Waals surface area contributed by atoms with Crippen LogP contribution in [0, 0.1) is 18.2 Å². The van der Waals surface area contributed by atoms with E-state index in [9.17, 15) is 4.39 Å². The molecule has 13 heavy (non-hydrogen) atoms. The second kappa shape index (κ2) is 4.27. The minimum Gasteiger partial charge on any atom is -0.323 e. The lowest BCUT2D eigenvalue weighted by atomic mass is 10.0. The van der Waals surface area contributed by atoms with Crippen molar-refractivity contribution in [3.63, 3.8) is 0 Å². The highest BCUT2D eigenvalue weighted by Crippen LogP contribution is 2.23. The van der Waals surface area contributed by atoms with Crippen molar-refractivity contribution < 1.29 is 4.39 Å². The van der Waals surface area contributed by atoms with Crippen molar-refractivity contribution in [2.45, 2.75) is 12.5 Å². The topological polar surface area (TPSA) is 26.0 Å². The predicted octanol–water partition coefficient (Wildman–Crippen LogP) is 2.50. The largest absolute Gasteiger partial charge is 0.323 e. The summed E-state index contributed by atoms with van der Waals surface area (Å²) in [6.07, 6.45) is 5.37. The Kier molecular flexibility index (Phi) is 3.30. The monoisotopic (exact) mass is 197 g/mol. The van der Waals surface area contributed by atoms with Crippen molar-refractivity contribution in [1.29, 1.82) is 0 Å². The van der Waals surface area contributed by atoms with Gasteiger partial charge in [0.25, 0.3) is 0 Å². The van der Waals surface area contributed by atoms with Gasteiger partial charge in [-0.3, -0.25) is 0 Å². The van der Waals surface area contributed by atoms with Crippen LogP contribution < -0.4 is 5.73 Å². The molecular weight excluding hydrogens is 189 g/mol. The zero-order chi connectivity index (χ0) is 9.84. The van der Waals surface area contributed by atoms with E-state index in [1.165, 1.54) is 6.07 Å². The third-order valence-electron chi connectivity index (χ3n) is 1.72. The number of terminal acetylenes is 1. The fraction of sp³-hybridized carbons (Fsp3) is 0.200. The summed E-state index contributed by atoms with van der Waals surface area (Å²) in [5.41, 5.74) is 6.00. The molecule has 0 radical (unpaired) electrons. The molecule has 1 unspecified atom stereocenters. The molecule has 0 bridgehead atoms. The highest BCUT2D eigenvalue weighted by atomic mass is 35.5. The van der Waals surface area contributed by atoms with Gasteiger partial charge < -0.3 is 5.73 Å². The van der Waals surface area contributed by atoms with Crippen LogP contribution in [0.25, 0.3) is 0 Å². The Bertz CT molecular complexity index is 343. The first-order valence-corrected chi connectivity index (χ1v) is 4.17. The maximum atomic E-state index is 13.3. The Hall–Kier alpha value is -1.04. The molecule has 1 aromatic carbocycles. The molecule has 68 valence electrons. The molecule has 3 heteroatoms. The summed E-state index contributed by atoms with van der Waals surface area (Å²) in [5, 5.41) is 0.0740. The Labute approximate surface area is 81.7 Å². The van der Waals surface area contributed by atoms with Crippen LogP contribution in [0.1, 0.15) is 18.0 Å². The van der Waals surface area contributed by atoms with Crippen LogP contribution in [0.2, 0.25) is 5.02 Å². The lowest BCUT2D eigenvalue weighted by molar-refractivity contribution is 0.586. The highest BCUT2D eigenvalue weighted by molar-refractivity contribution is 6.30. The molecule has 2 N–H and O–H groups in total. The summed E-state index contributed by atoms with van der Waals surface area (Å²) in [6, 6.07) is 4.23. The average molecular weight is 198 g/mol. The molecule has 0 spiro atoms. The number of hydrogen-bond donors (Lipinski definition) is 1. The van der Waals surface area contributed by atoms with Crippen molar-refractivity contribution >= 4 is 11.6 Å². The normalized spacial score (nSPS) is 12.2. The van der Waals surface area contributed by atoms with Crippen molar-refractivity contribution in [1.82, 2.24) is 0 Å². The summed E-state index contributed by atoms with van der Waals surface area (Å²) in [7, 11) is 0. The summed E-state index contributed by atoms with van der Waals surface area (Å²) in [5.74, 6) is 1.90. The van der Waals surface area contributed by atoms with Gasteiger partial charge in [0.2, 0.25) is 0 Å². The van der Waals surface area contributed by atoms with Crippen LogP contribution in [0.15, 0.2) is 18.2 Å². The Balaban J connectivity index is 3.02. The van der Waals surface area contributed by atoms with Crippen molar-refractivity contribution in [3.05, 3.63) is 34.6 Å². The molecule has 1 rings (SSSR count). The van der Waals surface area contributed by atoms with Crippen LogP contribution in [0.5, 0.6) is 0 Å². The minimum absolute atomic E-state index is 0.0740. The molecule has 0 aliphatic carbocycles. The van der Waals surface area contributed by atoms with Gasteiger partial charge in [-0.2, -0.15) is 0 Å². The molecule has 0 saturated carbocycles. The van der Waals surface area contributed by atoms with E-state index in [-0.39, 0.29) is 5.02 Å². The quantitative estimate of drug-likeness (QED) is 0.725. The standard InChI is InChI=1S/C10H9ClFN/c1-2-4-9(13)7-5-3-6-8(11)10(7)12/h1,3,5-6,9H,4,13H2. The predicted molar refractivity (Wildman–Crippen MR) is 51.8 cm³/mol. The first-order valence-electron chi connectivity index (χ1n) is 3.79. The van der Waals surface area contributed by atoms with Gasteiger partial charge >= 0.3 is 0 Å². The summed E-state index contributed by atoms with van der Waals surface area (Å²) in [6.45, 7) is 0. The smallest absolute Gasteiger partial charge is 0.146 e. The number of rotatable bonds is 2. The van der Waals surface area contributed by atoms with E-state index in [1.807, 2.05) is 0 Å². The maximum Gasteiger partial charge on any atom is 0.146 e. The van der Waals surface area contributed by atoms with Gasteiger partial charge in [-0.25, -0.2) is 4.39 Å². The second-order valence-corrected chi connectivity index (χ2v) is 3.06. The zero-order valence-electron chi connectivity index (χ0n) is 6.93. The van der Waals surface area contributed by atoms with E-state index in [2.05, 4.69) is 5.92 Å². The number of hydrogen-bond acceptors (Lipinski definition) is 1. The zero-order valence-corrected chi connectivity index (χ0v) is 7.68. The summed E-state index contributed by atoms with van der Waals surface area (Å²) in [4.78, 5) is 0. The van der Waals surface area contributed by atoms with Crippen LogP contribution in [-0.4, -0.2) is 0 Å². The highest BCUT2D eigenvalue weighted by Gasteiger charge is 2.12. The molecule has 0 aromatic heterocycles. The number of benzene rings is 1. The van der Waals surface area contributed by atoms with Gasteiger partial charge in [0.05, 0.1) is 5.02 Å². The van der Waals surface area contributed by atoms with Gasteiger partial charge in [-0.15, -0.1) is 12.3 Å². The van der Waals surface area contributed by atoms with Crippen molar-refractivity contribution in [2.75, 3.05) is 0 Å². The van der Waals surface area contributed by atoms with Gasteiger partial charge in [0.1, 0.15) is 5.82 Å². The molecule has 1 aromatic rings. The molecule has 1 nitrogen and oxygen atoms in total. The minimum atomic E-state index is -0.483. The lowest BCUT2D eigenvalue weighted by Crippen LogP contribution is -2.11. The van der Waals surface area contributed by atoms with E-state index in [4.69, 9.17) is 23.8 Å². The van der Waals surface area contributed by atoms with E-state index >= 15 is 0 Å². The number of nitrogens with two attached hydrogens (primary N) is 1. The molecule has 0 amide bonds. The molecule has 0 aliphatic rings.